The van der Waals surface area contributed by atoms with Crippen LogP contribution in [0.4, 0.5) is 8.78 Å². The molecule has 108 valence electrons. The first-order valence-electron chi connectivity index (χ1n) is 6.14. The maximum absolute atomic E-state index is 14.0. The van der Waals surface area contributed by atoms with Gasteiger partial charge in [-0.25, -0.2) is 8.78 Å². The summed E-state index contributed by atoms with van der Waals surface area (Å²) < 4.78 is 33.4. The SMILES string of the molecule is CCNC(Cc1c(F)ccc(Br)c1F)c1ccc(Cl)o1. The molecule has 6 heteroatoms. The first-order valence-corrected chi connectivity index (χ1v) is 7.31. The molecule has 0 aliphatic carbocycles. The molecule has 1 unspecified atom stereocenters. The van der Waals surface area contributed by atoms with Crippen LogP contribution in [-0.4, -0.2) is 6.54 Å². The zero-order valence-electron chi connectivity index (χ0n) is 10.7. The van der Waals surface area contributed by atoms with E-state index in [4.69, 9.17) is 16.0 Å². The normalized spacial score (nSPS) is 12.7. The van der Waals surface area contributed by atoms with Gasteiger partial charge >= 0.3 is 0 Å². The Morgan fingerprint density at radius 3 is 2.65 bits per heavy atom. The Labute approximate surface area is 129 Å². The largest absolute Gasteiger partial charge is 0.448 e. The number of rotatable bonds is 5. The van der Waals surface area contributed by atoms with Crippen molar-refractivity contribution in [3.05, 3.63) is 56.9 Å². The van der Waals surface area contributed by atoms with Crippen LogP contribution in [0.1, 0.15) is 24.3 Å². The van der Waals surface area contributed by atoms with Gasteiger partial charge in [-0.1, -0.05) is 6.92 Å². The molecular formula is C14H13BrClF2NO. The molecule has 0 bridgehead atoms. The molecule has 0 fully saturated rings. The second kappa shape index (κ2) is 6.70. The zero-order chi connectivity index (χ0) is 14.7. The van der Waals surface area contributed by atoms with Gasteiger partial charge in [0, 0.05) is 12.0 Å². The van der Waals surface area contributed by atoms with E-state index in [1.807, 2.05) is 6.92 Å². The summed E-state index contributed by atoms with van der Waals surface area (Å²) in [5, 5.41) is 3.38. The summed E-state index contributed by atoms with van der Waals surface area (Å²) in [6, 6.07) is 5.55. The number of furan rings is 1. The molecule has 2 nitrogen and oxygen atoms in total. The third kappa shape index (κ3) is 3.40. The van der Waals surface area contributed by atoms with Gasteiger partial charge in [-0.15, -0.1) is 0 Å². The third-order valence-electron chi connectivity index (χ3n) is 2.94. The fourth-order valence-electron chi connectivity index (χ4n) is 2.00. The van der Waals surface area contributed by atoms with Crippen molar-refractivity contribution in [3.8, 4) is 0 Å². The van der Waals surface area contributed by atoms with Crippen LogP contribution in [0.2, 0.25) is 5.22 Å². The van der Waals surface area contributed by atoms with E-state index >= 15 is 0 Å². The minimum Gasteiger partial charge on any atom is -0.448 e. The van der Waals surface area contributed by atoms with Crippen LogP contribution in [0.25, 0.3) is 0 Å². The smallest absolute Gasteiger partial charge is 0.193 e. The molecule has 1 heterocycles. The molecule has 0 aliphatic rings. The monoisotopic (exact) mass is 363 g/mol. The minimum absolute atomic E-state index is 0.0119. The van der Waals surface area contributed by atoms with E-state index in [2.05, 4.69) is 21.2 Å². The Hall–Kier alpha value is -0.910. The predicted molar refractivity (Wildman–Crippen MR) is 77.9 cm³/mol. The molecular weight excluding hydrogens is 352 g/mol. The highest BCUT2D eigenvalue weighted by Gasteiger charge is 2.21. The van der Waals surface area contributed by atoms with Crippen LogP contribution < -0.4 is 5.32 Å². The molecule has 1 aromatic carbocycles. The predicted octanol–water partition coefficient (Wildman–Crippen LogP) is 4.87. The fourth-order valence-corrected chi connectivity index (χ4v) is 2.52. The summed E-state index contributed by atoms with van der Waals surface area (Å²) in [5.74, 6) is -0.618. The van der Waals surface area contributed by atoms with Crippen molar-refractivity contribution in [1.82, 2.24) is 5.32 Å². The first kappa shape index (κ1) is 15.5. The topological polar surface area (TPSA) is 25.2 Å². The van der Waals surface area contributed by atoms with E-state index in [0.29, 0.717) is 12.3 Å². The average Bonchev–Trinajstić information content (AvgIpc) is 2.84. The quantitative estimate of drug-likeness (QED) is 0.766. The summed E-state index contributed by atoms with van der Waals surface area (Å²) in [4.78, 5) is 0. The Balaban J connectivity index is 2.31. The van der Waals surface area contributed by atoms with E-state index in [9.17, 15) is 8.78 Å². The van der Waals surface area contributed by atoms with Crippen LogP contribution in [0.3, 0.4) is 0 Å². The molecule has 0 saturated carbocycles. The average molecular weight is 365 g/mol. The van der Waals surface area contributed by atoms with Gasteiger partial charge < -0.3 is 9.73 Å². The van der Waals surface area contributed by atoms with Gasteiger partial charge in [0.05, 0.1) is 10.5 Å². The lowest BCUT2D eigenvalue weighted by molar-refractivity contribution is 0.407. The van der Waals surface area contributed by atoms with Crippen molar-refractivity contribution in [2.45, 2.75) is 19.4 Å². The Morgan fingerprint density at radius 1 is 1.30 bits per heavy atom. The number of hydrogen-bond acceptors (Lipinski definition) is 2. The third-order valence-corrected chi connectivity index (χ3v) is 3.75. The first-order chi connectivity index (χ1) is 9.52. The van der Waals surface area contributed by atoms with Gasteiger partial charge in [-0.05, 0) is 58.3 Å². The highest BCUT2D eigenvalue weighted by molar-refractivity contribution is 9.10. The summed E-state index contributed by atoms with van der Waals surface area (Å²) in [6.07, 6.45) is 0.134. The van der Waals surface area contributed by atoms with Crippen LogP contribution >= 0.6 is 27.5 Å². The minimum atomic E-state index is -0.592. The fraction of sp³-hybridized carbons (Fsp3) is 0.286. The second-order valence-corrected chi connectivity index (χ2v) is 5.50. The number of halogens is 4. The lowest BCUT2D eigenvalue weighted by atomic mass is 10.0. The van der Waals surface area contributed by atoms with Crippen LogP contribution in [0.5, 0.6) is 0 Å². The van der Waals surface area contributed by atoms with Crippen molar-refractivity contribution in [2.24, 2.45) is 0 Å². The van der Waals surface area contributed by atoms with Gasteiger partial charge in [0.25, 0.3) is 0 Å². The van der Waals surface area contributed by atoms with E-state index < -0.39 is 11.6 Å². The molecule has 20 heavy (non-hydrogen) atoms. The number of nitrogens with one attached hydrogen (secondary N) is 1. The van der Waals surface area contributed by atoms with E-state index in [-0.39, 0.29) is 27.7 Å². The molecule has 2 rings (SSSR count). The van der Waals surface area contributed by atoms with E-state index in [1.54, 1.807) is 12.1 Å². The molecule has 1 atom stereocenters. The molecule has 0 aliphatic heterocycles. The van der Waals surface area contributed by atoms with Crippen molar-refractivity contribution in [3.63, 3.8) is 0 Å². The van der Waals surface area contributed by atoms with Gasteiger partial charge in [0.15, 0.2) is 5.22 Å². The van der Waals surface area contributed by atoms with Crippen molar-refractivity contribution < 1.29 is 13.2 Å². The molecule has 1 aromatic heterocycles. The van der Waals surface area contributed by atoms with Gasteiger partial charge in [0.1, 0.15) is 17.4 Å². The summed E-state index contributed by atoms with van der Waals surface area (Å²) in [7, 11) is 0. The molecule has 0 spiro atoms. The highest BCUT2D eigenvalue weighted by Crippen LogP contribution is 2.28. The summed E-state index contributed by atoms with van der Waals surface area (Å²) >= 11 is 8.81. The van der Waals surface area contributed by atoms with Gasteiger partial charge in [-0.2, -0.15) is 0 Å². The maximum atomic E-state index is 14.0. The second-order valence-electron chi connectivity index (χ2n) is 4.28. The molecule has 0 amide bonds. The Kier molecular flexibility index (Phi) is 5.18. The summed E-state index contributed by atoms with van der Waals surface area (Å²) in [5.41, 5.74) is 0.0119. The van der Waals surface area contributed by atoms with Crippen LogP contribution in [-0.2, 0) is 6.42 Å². The highest BCUT2D eigenvalue weighted by atomic mass is 79.9. The summed E-state index contributed by atoms with van der Waals surface area (Å²) in [6.45, 7) is 2.55. The van der Waals surface area contributed by atoms with Crippen LogP contribution in [0, 0.1) is 11.6 Å². The van der Waals surface area contributed by atoms with Crippen molar-refractivity contribution in [2.75, 3.05) is 6.54 Å². The van der Waals surface area contributed by atoms with Crippen LogP contribution in [0.15, 0.2) is 33.2 Å². The maximum Gasteiger partial charge on any atom is 0.193 e. The van der Waals surface area contributed by atoms with E-state index in [1.165, 1.54) is 12.1 Å². The number of benzene rings is 1. The lowest BCUT2D eigenvalue weighted by Gasteiger charge is -2.16. The number of hydrogen-bond donors (Lipinski definition) is 1. The Morgan fingerprint density at radius 2 is 2.05 bits per heavy atom. The molecule has 2 aromatic rings. The van der Waals surface area contributed by atoms with E-state index in [0.717, 1.165) is 0 Å². The van der Waals surface area contributed by atoms with Crippen molar-refractivity contribution in [1.29, 1.82) is 0 Å². The van der Waals surface area contributed by atoms with Gasteiger partial charge in [-0.3, -0.25) is 0 Å². The number of likely N-dealkylation sites (N-methyl/N-ethyl adjacent to an activating group) is 1. The molecule has 0 radical (unpaired) electrons. The zero-order valence-corrected chi connectivity index (χ0v) is 13.1. The lowest BCUT2D eigenvalue weighted by Crippen LogP contribution is -2.23. The standard InChI is InChI=1S/C14H13BrClF2NO/c1-2-19-11(12-5-6-13(16)20-12)7-8-10(17)4-3-9(15)14(8)18/h3-6,11,19H,2,7H2,1H3. The molecule has 1 N–H and O–H groups in total. The Bertz CT molecular complexity index is 603. The van der Waals surface area contributed by atoms with Crippen molar-refractivity contribution >= 4 is 27.5 Å². The molecule has 0 saturated heterocycles. The van der Waals surface area contributed by atoms with Gasteiger partial charge in [0.2, 0.25) is 0 Å².